The molecule has 0 atom stereocenters. The third kappa shape index (κ3) is 1.82. The molecular weight excluding hydrogens is 227 g/mol. The van der Waals surface area contributed by atoms with Gasteiger partial charge in [0.2, 0.25) is 0 Å². The second kappa shape index (κ2) is 3.67. The minimum absolute atomic E-state index is 0.149. The summed E-state index contributed by atoms with van der Waals surface area (Å²) in [7, 11) is 0. The number of aromatic hydroxyl groups is 1. The Hall–Kier alpha value is -0.900. The standard InChI is InChI=1S/C8H6BrFO2/c9-6-3-5(1-2-11)4-7(10)8(6)12/h2-4,12H,1H2. The van der Waals surface area contributed by atoms with Crippen LogP contribution in [-0.4, -0.2) is 11.4 Å². The lowest BCUT2D eigenvalue weighted by molar-refractivity contribution is -0.107. The molecule has 0 radical (unpaired) electrons. The Kier molecular flexibility index (Phi) is 2.81. The normalized spacial score (nSPS) is 9.83. The summed E-state index contributed by atoms with van der Waals surface area (Å²) in [4.78, 5) is 10.1. The van der Waals surface area contributed by atoms with Crippen LogP contribution in [0.1, 0.15) is 5.56 Å². The average Bonchev–Trinajstić information content (AvgIpc) is 2.01. The fraction of sp³-hybridized carbons (Fsp3) is 0.125. The van der Waals surface area contributed by atoms with E-state index < -0.39 is 11.6 Å². The Morgan fingerprint density at radius 1 is 1.58 bits per heavy atom. The van der Waals surface area contributed by atoms with Crippen molar-refractivity contribution in [2.24, 2.45) is 0 Å². The number of carbonyl (C=O) groups excluding carboxylic acids is 1. The predicted octanol–water partition coefficient (Wildman–Crippen LogP) is 2.04. The zero-order valence-electron chi connectivity index (χ0n) is 6.05. The van der Waals surface area contributed by atoms with Crippen molar-refractivity contribution in [1.82, 2.24) is 0 Å². The van der Waals surface area contributed by atoms with Crippen LogP contribution in [-0.2, 0) is 11.2 Å². The maximum Gasteiger partial charge on any atom is 0.166 e. The number of carbonyl (C=O) groups is 1. The lowest BCUT2D eigenvalue weighted by Crippen LogP contribution is -1.88. The Bertz CT molecular complexity index is 289. The maximum absolute atomic E-state index is 12.8. The lowest BCUT2D eigenvalue weighted by atomic mass is 10.1. The van der Waals surface area contributed by atoms with E-state index in [1.165, 1.54) is 6.07 Å². The molecule has 1 aromatic carbocycles. The first-order valence-corrected chi connectivity index (χ1v) is 4.05. The Labute approximate surface area is 77.2 Å². The van der Waals surface area contributed by atoms with Crippen molar-refractivity contribution in [3.8, 4) is 5.75 Å². The quantitative estimate of drug-likeness (QED) is 0.793. The predicted molar refractivity (Wildman–Crippen MR) is 45.5 cm³/mol. The molecule has 1 rings (SSSR count). The molecule has 64 valence electrons. The van der Waals surface area contributed by atoms with Gasteiger partial charge in [-0.1, -0.05) is 0 Å². The van der Waals surface area contributed by atoms with Gasteiger partial charge >= 0.3 is 0 Å². The summed E-state index contributed by atoms with van der Waals surface area (Å²) < 4.78 is 13.0. The Morgan fingerprint density at radius 2 is 2.25 bits per heavy atom. The fourth-order valence-electron chi connectivity index (χ4n) is 0.832. The number of phenolic OH excluding ortho intramolecular Hbond substituents is 1. The van der Waals surface area contributed by atoms with E-state index in [9.17, 15) is 9.18 Å². The second-order valence-electron chi connectivity index (χ2n) is 2.28. The maximum atomic E-state index is 12.8. The molecule has 12 heavy (non-hydrogen) atoms. The number of hydrogen-bond donors (Lipinski definition) is 1. The van der Waals surface area contributed by atoms with Gasteiger partial charge in [0.25, 0.3) is 0 Å². The lowest BCUT2D eigenvalue weighted by Gasteiger charge is -2.00. The van der Waals surface area contributed by atoms with Gasteiger partial charge in [-0.05, 0) is 33.6 Å². The van der Waals surface area contributed by atoms with Gasteiger partial charge in [-0.3, -0.25) is 0 Å². The van der Waals surface area contributed by atoms with Crippen molar-refractivity contribution in [3.63, 3.8) is 0 Å². The molecule has 1 aromatic rings. The average molecular weight is 233 g/mol. The van der Waals surface area contributed by atoms with E-state index in [1.54, 1.807) is 0 Å². The highest BCUT2D eigenvalue weighted by Crippen LogP contribution is 2.27. The molecule has 0 fully saturated rings. The molecule has 0 spiro atoms. The Morgan fingerprint density at radius 3 is 2.75 bits per heavy atom. The molecule has 0 unspecified atom stereocenters. The van der Waals surface area contributed by atoms with Crippen LogP contribution < -0.4 is 0 Å². The molecule has 1 N–H and O–H groups in total. The van der Waals surface area contributed by atoms with Crippen molar-refractivity contribution >= 4 is 22.2 Å². The van der Waals surface area contributed by atoms with Gasteiger partial charge in [0, 0.05) is 6.42 Å². The molecule has 4 heteroatoms. The van der Waals surface area contributed by atoms with E-state index in [1.807, 2.05) is 0 Å². The molecule has 0 heterocycles. The zero-order chi connectivity index (χ0) is 9.14. The monoisotopic (exact) mass is 232 g/mol. The van der Waals surface area contributed by atoms with E-state index in [0.29, 0.717) is 11.8 Å². The molecule has 0 aromatic heterocycles. The van der Waals surface area contributed by atoms with E-state index in [4.69, 9.17) is 5.11 Å². The topological polar surface area (TPSA) is 37.3 Å². The molecule has 0 aliphatic heterocycles. The van der Waals surface area contributed by atoms with Crippen LogP contribution in [0.5, 0.6) is 5.75 Å². The van der Waals surface area contributed by atoms with Crippen molar-refractivity contribution in [2.75, 3.05) is 0 Å². The third-order valence-corrected chi connectivity index (χ3v) is 2.00. The third-order valence-electron chi connectivity index (χ3n) is 1.40. The smallest absolute Gasteiger partial charge is 0.166 e. The van der Waals surface area contributed by atoms with Crippen LogP contribution >= 0.6 is 15.9 Å². The minimum Gasteiger partial charge on any atom is -0.504 e. The van der Waals surface area contributed by atoms with Crippen molar-refractivity contribution in [3.05, 3.63) is 28.0 Å². The van der Waals surface area contributed by atoms with Gasteiger partial charge in [-0.2, -0.15) is 0 Å². The number of halogens is 2. The van der Waals surface area contributed by atoms with Crippen LogP contribution in [0.25, 0.3) is 0 Å². The van der Waals surface area contributed by atoms with Crippen LogP contribution in [0.15, 0.2) is 16.6 Å². The van der Waals surface area contributed by atoms with E-state index in [0.717, 1.165) is 6.07 Å². The van der Waals surface area contributed by atoms with E-state index >= 15 is 0 Å². The first-order valence-electron chi connectivity index (χ1n) is 3.25. The number of hydrogen-bond acceptors (Lipinski definition) is 2. The molecule has 0 saturated heterocycles. The summed E-state index contributed by atoms with van der Waals surface area (Å²) >= 11 is 2.96. The highest BCUT2D eigenvalue weighted by atomic mass is 79.9. The largest absolute Gasteiger partial charge is 0.504 e. The van der Waals surface area contributed by atoms with Gasteiger partial charge in [-0.15, -0.1) is 0 Å². The molecule has 0 bridgehead atoms. The van der Waals surface area contributed by atoms with Gasteiger partial charge < -0.3 is 9.90 Å². The number of aldehydes is 1. The van der Waals surface area contributed by atoms with E-state index in [-0.39, 0.29) is 10.9 Å². The molecule has 0 amide bonds. The first-order chi connectivity index (χ1) is 5.65. The van der Waals surface area contributed by atoms with Gasteiger partial charge in [0.05, 0.1) is 4.47 Å². The number of benzene rings is 1. The van der Waals surface area contributed by atoms with Crippen LogP contribution in [0.2, 0.25) is 0 Å². The van der Waals surface area contributed by atoms with Crippen LogP contribution in [0.3, 0.4) is 0 Å². The summed E-state index contributed by atoms with van der Waals surface area (Å²) in [5, 5.41) is 8.99. The van der Waals surface area contributed by atoms with Crippen LogP contribution in [0.4, 0.5) is 4.39 Å². The summed E-state index contributed by atoms with van der Waals surface area (Å²) in [5.41, 5.74) is 0.534. The van der Waals surface area contributed by atoms with Gasteiger partial charge in [0.1, 0.15) is 6.29 Å². The number of rotatable bonds is 2. The summed E-state index contributed by atoms with van der Waals surface area (Å²) in [6.45, 7) is 0. The molecule has 0 saturated carbocycles. The van der Waals surface area contributed by atoms with Crippen molar-refractivity contribution < 1.29 is 14.3 Å². The molecule has 0 aliphatic carbocycles. The summed E-state index contributed by atoms with van der Waals surface area (Å²) in [5.74, 6) is -1.15. The van der Waals surface area contributed by atoms with Gasteiger partial charge in [-0.25, -0.2) is 4.39 Å². The number of phenols is 1. The minimum atomic E-state index is -0.721. The highest BCUT2D eigenvalue weighted by Gasteiger charge is 2.06. The van der Waals surface area contributed by atoms with Crippen LogP contribution in [0, 0.1) is 5.82 Å². The molecular formula is C8H6BrFO2. The van der Waals surface area contributed by atoms with Gasteiger partial charge in [0.15, 0.2) is 11.6 Å². The first kappa shape index (κ1) is 9.19. The Balaban J connectivity index is 3.11. The highest BCUT2D eigenvalue weighted by molar-refractivity contribution is 9.10. The molecule has 2 nitrogen and oxygen atoms in total. The second-order valence-corrected chi connectivity index (χ2v) is 3.13. The molecule has 0 aliphatic rings. The summed E-state index contributed by atoms with van der Waals surface area (Å²) in [6.07, 6.45) is 0.827. The SMILES string of the molecule is O=CCc1cc(F)c(O)c(Br)c1. The van der Waals surface area contributed by atoms with E-state index in [2.05, 4.69) is 15.9 Å². The van der Waals surface area contributed by atoms with Crippen molar-refractivity contribution in [2.45, 2.75) is 6.42 Å². The zero-order valence-corrected chi connectivity index (χ0v) is 7.64. The fourth-order valence-corrected chi connectivity index (χ4v) is 1.32. The van der Waals surface area contributed by atoms with Crippen molar-refractivity contribution in [1.29, 1.82) is 0 Å². The summed E-state index contributed by atoms with van der Waals surface area (Å²) in [6, 6.07) is 2.64.